The van der Waals surface area contributed by atoms with Crippen molar-refractivity contribution in [3.05, 3.63) is 0 Å². The van der Waals surface area contributed by atoms with Crippen molar-refractivity contribution in [1.82, 2.24) is 36.1 Å². The van der Waals surface area contributed by atoms with E-state index in [9.17, 15) is 33.6 Å². The van der Waals surface area contributed by atoms with E-state index in [2.05, 4.69) is 26.2 Å². The number of nitrogens with one attached hydrogen (secondary N) is 4. The molecule has 0 bridgehead atoms. The lowest BCUT2D eigenvalue weighted by Crippen LogP contribution is -2.59. The van der Waals surface area contributed by atoms with Crippen LogP contribution in [0.1, 0.15) is 93.9 Å². The molecule has 2 fully saturated rings. The smallest absolute Gasteiger partial charge is 0.343 e. The second-order valence-corrected chi connectivity index (χ2v) is 15.4. The highest BCUT2D eigenvalue weighted by atomic mass is 16.7. The molecule has 6 amide bonds. The van der Waals surface area contributed by atoms with E-state index in [-0.39, 0.29) is 68.2 Å². The lowest BCUT2D eigenvalue weighted by Gasteiger charge is -2.32. The third-order valence-electron chi connectivity index (χ3n) is 8.50. The molecule has 15 heteroatoms. The van der Waals surface area contributed by atoms with Gasteiger partial charge in [-0.15, -0.1) is 5.06 Å². The van der Waals surface area contributed by atoms with Gasteiger partial charge in [0.25, 0.3) is 11.8 Å². The molecule has 15 nitrogen and oxygen atoms in total. The summed E-state index contributed by atoms with van der Waals surface area (Å²) in [6.07, 6.45) is 0.905. The summed E-state index contributed by atoms with van der Waals surface area (Å²) < 4.78 is 0. The van der Waals surface area contributed by atoms with E-state index in [1.165, 1.54) is 0 Å². The van der Waals surface area contributed by atoms with Crippen molar-refractivity contribution < 1.29 is 38.4 Å². The van der Waals surface area contributed by atoms with Gasteiger partial charge in [-0.05, 0) is 56.4 Å². The standard InChI is InChI=1S/C35H61N7O8/c1-21(2)16-25(36-29(43)20-41-14-12-40(9)13-15-41)32(46)37-26(17-22(3)4)33(47)38-27(18-23(5)6)34(48)39-28(19-24(7)8)35(49)50-42-30(44)10-11-31(42)45/h21-28H,10-20H2,1-9H3,(H,36,43)(H,37,46)(H,38,47)(H,39,48)/t25-,26-,27-,28-/m0/s1. The number of imide groups is 1. The molecule has 2 aliphatic rings. The first kappa shape index (κ1) is 42.6. The molecule has 0 radical (unpaired) electrons. The number of piperazine rings is 1. The molecule has 284 valence electrons. The van der Waals surface area contributed by atoms with Gasteiger partial charge in [0.05, 0.1) is 6.54 Å². The van der Waals surface area contributed by atoms with Gasteiger partial charge in [0, 0.05) is 39.0 Å². The van der Waals surface area contributed by atoms with Crippen LogP contribution in [0.5, 0.6) is 0 Å². The van der Waals surface area contributed by atoms with Crippen LogP contribution in [-0.2, 0) is 38.4 Å². The Morgan fingerprint density at radius 1 is 0.580 bits per heavy atom. The van der Waals surface area contributed by atoms with Crippen LogP contribution >= 0.6 is 0 Å². The monoisotopic (exact) mass is 707 g/mol. The first-order chi connectivity index (χ1) is 23.4. The topological polar surface area (TPSA) is 187 Å². The minimum atomic E-state index is -1.19. The number of hydrogen-bond acceptors (Lipinski definition) is 10. The van der Waals surface area contributed by atoms with Crippen LogP contribution in [0.3, 0.4) is 0 Å². The van der Waals surface area contributed by atoms with Gasteiger partial charge < -0.3 is 31.0 Å². The molecule has 0 aliphatic carbocycles. The zero-order valence-corrected chi connectivity index (χ0v) is 31.5. The number of amides is 6. The predicted molar refractivity (Wildman–Crippen MR) is 187 cm³/mol. The minimum absolute atomic E-state index is 0.00000134. The zero-order chi connectivity index (χ0) is 37.7. The normalized spacial score (nSPS) is 18.3. The Bertz CT molecular complexity index is 1180. The number of nitrogens with zero attached hydrogens (tertiary/aromatic N) is 3. The fourth-order valence-electron chi connectivity index (χ4n) is 5.87. The van der Waals surface area contributed by atoms with Crippen molar-refractivity contribution in [2.45, 2.75) is 118 Å². The quantitative estimate of drug-likeness (QED) is 0.141. The van der Waals surface area contributed by atoms with Gasteiger partial charge in [-0.1, -0.05) is 55.4 Å². The van der Waals surface area contributed by atoms with Gasteiger partial charge in [0.15, 0.2) is 0 Å². The Hall–Kier alpha value is -3.59. The molecule has 4 N–H and O–H groups in total. The minimum Gasteiger partial charge on any atom is -0.343 e. The van der Waals surface area contributed by atoms with E-state index in [4.69, 9.17) is 4.84 Å². The molecule has 2 heterocycles. The highest BCUT2D eigenvalue weighted by Gasteiger charge is 2.37. The second-order valence-electron chi connectivity index (χ2n) is 15.4. The summed E-state index contributed by atoms with van der Waals surface area (Å²) >= 11 is 0. The molecular weight excluding hydrogens is 646 g/mol. The van der Waals surface area contributed by atoms with E-state index in [1.807, 2.05) is 67.3 Å². The summed E-state index contributed by atoms with van der Waals surface area (Å²) in [5.74, 6) is -4.21. The summed E-state index contributed by atoms with van der Waals surface area (Å²) in [6.45, 7) is 18.5. The van der Waals surface area contributed by atoms with Crippen LogP contribution in [0.2, 0.25) is 0 Å². The number of carbonyl (C=O) groups is 7. The first-order valence-corrected chi connectivity index (χ1v) is 18.0. The number of rotatable bonds is 19. The summed E-state index contributed by atoms with van der Waals surface area (Å²) in [4.78, 5) is 101. The number of hydrogen-bond donors (Lipinski definition) is 4. The van der Waals surface area contributed by atoms with Crippen LogP contribution in [-0.4, -0.2) is 120 Å². The van der Waals surface area contributed by atoms with E-state index in [0.29, 0.717) is 11.5 Å². The second kappa shape index (κ2) is 20.3. The fourth-order valence-corrected chi connectivity index (χ4v) is 5.87. The first-order valence-electron chi connectivity index (χ1n) is 18.0. The summed E-state index contributed by atoms with van der Waals surface area (Å²) in [6, 6.07) is -4.11. The Labute approximate surface area is 297 Å². The molecule has 0 aromatic rings. The van der Waals surface area contributed by atoms with E-state index in [1.54, 1.807) is 0 Å². The van der Waals surface area contributed by atoms with Crippen molar-refractivity contribution in [3.8, 4) is 0 Å². The Morgan fingerprint density at radius 2 is 0.940 bits per heavy atom. The molecule has 0 unspecified atom stereocenters. The molecule has 0 spiro atoms. The van der Waals surface area contributed by atoms with E-state index < -0.39 is 59.7 Å². The third-order valence-corrected chi connectivity index (χ3v) is 8.50. The summed E-state index contributed by atoms with van der Waals surface area (Å²) in [5, 5.41) is 11.6. The van der Waals surface area contributed by atoms with Gasteiger partial charge in [0.2, 0.25) is 23.6 Å². The average Bonchev–Trinajstić information content (AvgIpc) is 3.31. The summed E-state index contributed by atoms with van der Waals surface area (Å²) in [5.41, 5.74) is 0. The average molecular weight is 708 g/mol. The largest absolute Gasteiger partial charge is 0.355 e. The maximum absolute atomic E-state index is 13.8. The van der Waals surface area contributed by atoms with Gasteiger partial charge in [-0.2, -0.15) is 0 Å². The summed E-state index contributed by atoms with van der Waals surface area (Å²) in [7, 11) is 2.03. The maximum atomic E-state index is 13.8. The van der Waals surface area contributed by atoms with Crippen molar-refractivity contribution >= 4 is 41.4 Å². The van der Waals surface area contributed by atoms with Gasteiger partial charge in [-0.3, -0.25) is 33.7 Å². The Balaban J connectivity index is 2.18. The van der Waals surface area contributed by atoms with Crippen LogP contribution in [0.25, 0.3) is 0 Å². The maximum Gasteiger partial charge on any atom is 0.355 e. The van der Waals surface area contributed by atoms with Crippen molar-refractivity contribution in [2.24, 2.45) is 23.7 Å². The third kappa shape index (κ3) is 14.7. The fraction of sp³-hybridized carbons (Fsp3) is 0.800. The molecule has 2 rings (SSSR count). The molecule has 50 heavy (non-hydrogen) atoms. The predicted octanol–water partition coefficient (Wildman–Crippen LogP) is 0.965. The lowest BCUT2D eigenvalue weighted by molar-refractivity contribution is -0.199. The molecule has 2 aliphatic heterocycles. The van der Waals surface area contributed by atoms with Crippen molar-refractivity contribution in [1.29, 1.82) is 0 Å². The molecule has 2 saturated heterocycles. The van der Waals surface area contributed by atoms with E-state index in [0.717, 1.165) is 26.2 Å². The molecule has 0 aromatic carbocycles. The highest BCUT2D eigenvalue weighted by Crippen LogP contribution is 2.16. The van der Waals surface area contributed by atoms with Crippen LogP contribution in [0, 0.1) is 23.7 Å². The molecule has 0 saturated carbocycles. The Morgan fingerprint density at radius 3 is 1.34 bits per heavy atom. The van der Waals surface area contributed by atoms with Crippen LogP contribution in [0.15, 0.2) is 0 Å². The van der Waals surface area contributed by atoms with Gasteiger partial charge >= 0.3 is 5.97 Å². The van der Waals surface area contributed by atoms with Crippen molar-refractivity contribution in [3.63, 3.8) is 0 Å². The zero-order valence-electron chi connectivity index (χ0n) is 31.5. The van der Waals surface area contributed by atoms with Gasteiger partial charge in [0.1, 0.15) is 24.2 Å². The van der Waals surface area contributed by atoms with Crippen molar-refractivity contribution in [2.75, 3.05) is 39.8 Å². The van der Waals surface area contributed by atoms with Gasteiger partial charge in [-0.25, -0.2) is 4.79 Å². The van der Waals surface area contributed by atoms with E-state index >= 15 is 0 Å². The highest BCUT2D eigenvalue weighted by molar-refractivity contribution is 6.02. The van der Waals surface area contributed by atoms with Crippen LogP contribution < -0.4 is 21.3 Å². The SMILES string of the molecule is CC(C)C[C@H](NC(=O)CN1CCN(C)CC1)C(=O)N[C@@H](CC(C)C)C(=O)N[C@@H](CC(C)C)C(=O)N[C@@H](CC(C)C)C(=O)ON1C(=O)CCC1=O. The molecule has 4 atom stereocenters. The Kier molecular flexibility index (Phi) is 17.3. The molecule has 0 aromatic heterocycles. The molecular formula is C35H61N7O8. The number of hydroxylamine groups is 2. The lowest BCUT2D eigenvalue weighted by atomic mass is 9.98. The van der Waals surface area contributed by atoms with Crippen LogP contribution in [0.4, 0.5) is 0 Å². The number of likely N-dealkylation sites (N-methyl/N-ethyl adjacent to an activating group) is 1. The number of carbonyl (C=O) groups excluding carboxylic acids is 7.